The van der Waals surface area contributed by atoms with Gasteiger partial charge in [-0.15, -0.1) is 0 Å². The Bertz CT molecular complexity index is 733. The van der Waals surface area contributed by atoms with E-state index in [2.05, 4.69) is 0 Å². The van der Waals surface area contributed by atoms with Gasteiger partial charge in [-0.1, -0.05) is 6.07 Å². The molecule has 0 saturated heterocycles. The van der Waals surface area contributed by atoms with Crippen molar-refractivity contribution in [3.05, 3.63) is 53.6 Å². The lowest BCUT2D eigenvalue weighted by Gasteiger charge is -2.08. The first-order chi connectivity index (χ1) is 9.42. The average Bonchev–Trinajstić information content (AvgIpc) is 2.42. The topological polar surface area (TPSA) is 80.7 Å². The molecule has 0 amide bonds. The van der Waals surface area contributed by atoms with E-state index >= 15 is 0 Å². The molecule has 2 aromatic rings. The third-order valence-corrected chi connectivity index (χ3v) is 3.93. The van der Waals surface area contributed by atoms with Crippen LogP contribution in [0.2, 0.25) is 0 Å². The summed E-state index contributed by atoms with van der Waals surface area (Å²) in [6.07, 6.45) is 0.649. The molecule has 0 fully saturated rings. The molecule has 0 heterocycles. The van der Waals surface area contributed by atoms with Gasteiger partial charge in [-0.25, -0.2) is 0 Å². The van der Waals surface area contributed by atoms with Gasteiger partial charge in [-0.05, 0) is 42.8 Å². The standard InChI is InChI=1S/C14H12O5S/c1-10-2-7-13(8-14(10)16)20(17,18)19-12-5-3-11(9-15)4-6-12/h2-9,16H,1H3. The van der Waals surface area contributed by atoms with Crippen molar-refractivity contribution in [3.63, 3.8) is 0 Å². The van der Waals surface area contributed by atoms with Crippen LogP contribution in [0.4, 0.5) is 0 Å². The summed E-state index contributed by atoms with van der Waals surface area (Å²) < 4.78 is 29.0. The highest BCUT2D eigenvalue weighted by Gasteiger charge is 2.17. The van der Waals surface area contributed by atoms with Gasteiger partial charge in [0, 0.05) is 11.6 Å². The summed E-state index contributed by atoms with van der Waals surface area (Å²) in [6, 6.07) is 9.63. The van der Waals surface area contributed by atoms with Crippen LogP contribution in [0.5, 0.6) is 11.5 Å². The van der Waals surface area contributed by atoms with Gasteiger partial charge in [0.2, 0.25) is 0 Å². The van der Waals surface area contributed by atoms with Crippen LogP contribution in [0.1, 0.15) is 15.9 Å². The van der Waals surface area contributed by atoms with Gasteiger partial charge in [-0.2, -0.15) is 8.42 Å². The second-order valence-corrected chi connectivity index (χ2v) is 5.72. The van der Waals surface area contributed by atoms with Gasteiger partial charge in [0.1, 0.15) is 22.7 Å². The van der Waals surface area contributed by atoms with E-state index in [4.69, 9.17) is 4.18 Å². The molecule has 2 rings (SSSR count). The number of hydrogen-bond donors (Lipinski definition) is 1. The normalized spacial score (nSPS) is 11.1. The summed E-state index contributed by atoms with van der Waals surface area (Å²) in [7, 11) is -4.02. The highest BCUT2D eigenvalue weighted by molar-refractivity contribution is 7.87. The Hall–Kier alpha value is -2.34. The molecule has 0 spiro atoms. The van der Waals surface area contributed by atoms with E-state index in [-0.39, 0.29) is 16.4 Å². The first kappa shape index (κ1) is 14.1. The zero-order chi connectivity index (χ0) is 14.8. The van der Waals surface area contributed by atoms with Gasteiger partial charge in [0.15, 0.2) is 0 Å². The Balaban J connectivity index is 2.30. The zero-order valence-corrected chi connectivity index (χ0v) is 11.4. The number of rotatable bonds is 4. The quantitative estimate of drug-likeness (QED) is 0.690. The fraction of sp³-hybridized carbons (Fsp3) is 0.0714. The predicted octanol–water partition coefficient (Wildman–Crippen LogP) is 2.28. The third kappa shape index (κ3) is 2.97. The minimum atomic E-state index is -4.02. The molecule has 20 heavy (non-hydrogen) atoms. The fourth-order valence-corrected chi connectivity index (χ4v) is 2.47. The van der Waals surface area contributed by atoms with Crippen LogP contribution >= 0.6 is 0 Å². The molecule has 6 heteroatoms. The number of phenolic OH excluding ortho intramolecular Hbond substituents is 1. The van der Waals surface area contributed by atoms with E-state index in [9.17, 15) is 18.3 Å². The molecule has 2 aromatic carbocycles. The molecule has 0 aliphatic rings. The molecule has 0 bridgehead atoms. The van der Waals surface area contributed by atoms with Gasteiger partial charge < -0.3 is 9.29 Å². The summed E-state index contributed by atoms with van der Waals surface area (Å²) in [4.78, 5) is 10.4. The lowest BCUT2D eigenvalue weighted by molar-refractivity contribution is 0.112. The number of phenols is 1. The first-order valence-corrected chi connectivity index (χ1v) is 7.12. The van der Waals surface area contributed by atoms with E-state index in [0.29, 0.717) is 17.4 Å². The summed E-state index contributed by atoms with van der Waals surface area (Å²) in [6.45, 7) is 1.66. The van der Waals surface area contributed by atoms with E-state index in [1.165, 1.54) is 36.4 Å². The van der Waals surface area contributed by atoms with Gasteiger partial charge >= 0.3 is 10.1 Å². The minimum absolute atomic E-state index is 0.0932. The molecular weight excluding hydrogens is 280 g/mol. The Morgan fingerprint density at radius 3 is 2.30 bits per heavy atom. The number of aryl methyl sites for hydroxylation is 1. The summed E-state index contributed by atoms with van der Waals surface area (Å²) in [5.74, 6) is -0.0263. The Kier molecular flexibility index (Phi) is 3.76. The molecule has 0 unspecified atom stereocenters. The number of benzene rings is 2. The number of aldehydes is 1. The van der Waals surface area contributed by atoms with Crippen molar-refractivity contribution < 1.29 is 22.5 Å². The number of aromatic hydroxyl groups is 1. The third-order valence-electron chi connectivity index (χ3n) is 2.69. The van der Waals surface area contributed by atoms with Crippen molar-refractivity contribution in [2.75, 3.05) is 0 Å². The molecule has 1 N–H and O–H groups in total. The highest BCUT2D eigenvalue weighted by atomic mass is 32.2. The van der Waals surface area contributed by atoms with Crippen LogP contribution in [-0.4, -0.2) is 19.8 Å². The predicted molar refractivity (Wildman–Crippen MR) is 72.5 cm³/mol. The summed E-state index contributed by atoms with van der Waals surface area (Å²) in [5.41, 5.74) is 0.988. The van der Waals surface area contributed by atoms with Crippen molar-refractivity contribution in [2.45, 2.75) is 11.8 Å². The molecule has 0 aliphatic heterocycles. The van der Waals surface area contributed by atoms with Gasteiger partial charge in [0.25, 0.3) is 0 Å². The monoisotopic (exact) mass is 292 g/mol. The number of carbonyl (C=O) groups excluding carboxylic acids is 1. The second kappa shape index (κ2) is 5.34. The molecule has 5 nitrogen and oxygen atoms in total. The van der Waals surface area contributed by atoms with Gasteiger partial charge in [-0.3, -0.25) is 4.79 Å². The molecule has 0 aliphatic carbocycles. The van der Waals surface area contributed by atoms with Crippen LogP contribution in [0.15, 0.2) is 47.4 Å². The van der Waals surface area contributed by atoms with Crippen molar-refractivity contribution in [3.8, 4) is 11.5 Å². The van der Waals surface area contributed by atoms with E-state index in [0.717, 1.165) is 6.07 Å². The van der Waals surface area contributed by atoms with Crippen LogP contribution in [-0.2, 0) is 10.1 Å². The van der Waals surface area contributed by atoms with Crippen molar-refractivity contribution in [2.24, 2.45) is 0 Å². The van der Waals surface area contributed by atoms with E-state index < -0.39 is 10.1 Å². The molecule has 0 aromatic heterocycles. The summed E-state index contributed by atoms with van der Waals surface area (Å²) >= 11 is 0. The lowest BCUT2D eigenvalue weighted by Crippen LogP contribution is -2.09. The summed E-state index contributed by atoms with van der Waals surface area (Å²) in [5, 5.41) is 9.54. The van der Waals surface area contributed by atoms with Crippen LogP contribution < -0.4 is 4.18 Å². The van der Waals surface area contributed by atoms with E-state index in [1.54, 1.807) is 6.92 Å². The molecular formula is C14H12O5S. The van der Waals surface area contributed by atoms with Crippen molar-refractivity contribution >= 4 is 16.4 Å². The fourth-order valence-electron chi connectivity index (χ4n) is 1.52. The Labute approximate surface area is 116 Å². The minimum Gasteiger partial charge on any atom is -0.508 e. The SMILES string of the molecule is Cc1ccc(S(=O)(=O)Oc2ccc(C=O)cc2)cc1O. The maximum atomic E-state index is 12.0. The van der Waals surface area contributed by atoms with E-state index in [1.807, 2.05) is 0 Å². The largest absolute Gasteiger partial charge is 0.508 e. The molecule has 0 atom stereocenters. The maximum absolute atomic E-state index is 12.0. The van der Waals surface area contributed by atoms with Crippen molar-refractivity contribution in [1.29, 1.82) is 0 Å². The van der Waals surface area contributed by atoms with Gasteiger partial charge in [0.05, 0.1) is 0 Å². The van der Waals surface area contributed by atoms with Crippen LogP contribution in [0.25, 0.3) is 0 Å². The smallest absolute Gasteiger partial charge is 0.339 e. The van der Waals surface area contributed by atoms with Crippen LogP contribution in [0, 0.1) is 6.92 Å². The lowest BCUT2D eigenvalue weighted by atomic mass is 10.2. The highest BCUT2D eigenvalue weighted by Crippen LogP contribution is 2.24. The zero-order valence-electron chi connectivity index (χ0n) is 10.6. The average molecular weight is 292 g/mol. The molecule has 0 saturated carbocycles. The Morgan fingerprint density at radius 1 is 1.10 bits per heavy atom. The first-order valence-electron chi connectivity index (χ1n) is 5.72. The number of carbonyl (C=O) groups is 1. The number of hydrogen-bond acceptors (Lipinski definition) is 5. The molecule has 0 radical (unpaired) electrons. The molecule has 104 valence electrons. The second-order valence-electron chi connectivity index (χ2n) is 4.17. The Morgan fingerprint density at radius 2 is 1.75 bits per heavy atom. The van der Waals surface area contributed by atoms with Crippen LogP contribution in [0.3, 0.4) is 0 Å². The van der Waals surface area contributed by atoms with Crippen molar-refractivity contribution in [1.82, 2.24) is 0 Å². The maximum Gasteiger partial charge on any atom is 0.339 e.